The molecule has 0 aliphatic heterocycles. The average molecular weight is 131 g/mol. The molecule has 0 bridgehead atoms. The van der Waals surface area contributed by atoms with E-state index < -0.39 is 6.10 Å². The van der Waals surface area contributed by atoms with Crippen LogP contribution in [-0.2, 0) is 0 Å². The Hall–Kier alpha value is -0.410. The van der Waals surface area contributed by atoms with Crippen LogP contribution in [0.4, 0.5) is 0 Å². The lowest BCUT2D eigenvalue weighted by Gasteiger charge is -2.01. The van der Waals surface area contributed by atoms with Gasteiger partial charge in [0, 0.05) is 5.71 Å². The van der Waals surface area contributed by atoms with Crippen LogP contribution < -0.4 is 0 Å². The Morgan fingerprint density at radius 2 is 2.11 bits per heavy atom. The zero-order valence-electron chi connectivity index (χ0n) is 5.83. The first-order chi connectivity index (χ1) is 4.16. The number of hydrogen-bond acceptors (Lipinski definition) is 3. The Bertz CT molecular complexity index is 97.2. The smallest absolute Gasteiger partial charge is 0.0965 e. The number of hydrogen-bond donors (Lipinski definition) is 2. The third-order valence-corrected chi connectivity index (χ3v) is 0.829. The molecule has 0 spiro atoms. The van der Waals surface area contributed by atoms with Crippen molar-refractivity contribution in [2.24, 2.45) is 4.99 Å². The van der Waals surface area contributed by atoms with Crippen LogP contribution in [0.1, 0.15) is 13.8 Å². The van der Waals surface area contributed by atoms with Gasteiger partial charge in [-0.05, 0) is 13.8 Å². The molecule has 0 aromatic heterocycles. The Balaban J connectivity index is 3.37. The van der Waals surface area contributed by atoms with Crippen molar-refractivity contribution >= 4 is 5.71 Å². The molecule has 0 aromatic rings. The summed E-state index contributed by atoms with van der Waals surface area (Å²) in [4.78, 5) is 3.90. The summed E-state index contributed by atoms with van der Waals surface area (Å²) in [6.45, 7) is 3.80. The maximum absolute atomic E-state index is 8.75. The number of aliphatic hydroxyl groups excluding tert-OH is 2. The third-order valence-electron chi connectivity index (χ3n) is 0.829. The molecule has 0 unspecified atom stereocenters. The van der Waals surface area contributed by atoms with E-state index in [9.17, 15) is 0 Å². The summed E-state index contributed by atoms with van der Waals surface area (Å²) in [6.07, 6.45) is -0.695. The van der Waals surface area contributed by atoms with Crippen LogP contribution >= 0.6 is 0 Å². The molecule has 3 nitrogen and oxygen atoms in total. The molecule has 0 fully saturated rings. The van der Waals surface area contributed by atoms with Gasteiger partial charge in [0.25, 0.3) is 0 Å². The fraction of sp³-hybridized carbons (Fsp3) is 0.833. The van der Waals surface area contributed by atoms with Gasteiger partial charge in [-0.25, -0.2) is 0 Å². The van der Waals surface area contributed by atoms with E-state index in [0.717, 1.165) is 5.71 Å². The molecule has 9 heavy (non-hydrogen) atoms. The van der Waals surface area contributed by atoms with Gasteiger partial charge in [-0.2, -0.15) is 0 Å². The second-order valence-corrected chi connectivity index (χ2v) is 2.12. The van der Waals surface area contributed by atoms with Crippen LogP contribution in [0.25, 0.3) is 0 Å². The van der Waals surface area contributed by atoms with Crippen LogP contribution in [0.15, 0.2) is 4.99 Å². The van der Waals surface area contributed by atoms with Crippen LogP contribution in [-0.4, -0.2) is 35.2 Å². The fourth-order valence-electron chi connectivity index (χ4n) is 0.346. The number of aliphatic imine (C=N–C) groups is 1. The van der Waals surface area contributed by atoms with Gasteiger partial charge in [0.1, 0.15) is 0 Å². The topological polar surface area (TPSA) is 52.8 Å². The molecule has 3 heteroatoms. The van der Waals surface area contributed by atoms with Crippen molar-refractivity contribution in [1.29, 1.82) is 0 Å². The van der Waals surface area contributed by atoms with Gasteiger partial charge in [-0.1, -0.05) is 0 Å². The molecule has 0 heterocycles. The molecular formula is C6H13NO2. The molecule has 2 N–H and O–H groups in total. The third kappa shape index (κ3) is 5.46. The van der Waals surface area contributed by atoms with E-state index >= 15 is 0 Å². The van der Waals surface area contributed by atoms with Crippen molar-refractivity contribution < 1.29 is 10.2 Å². The van der Waals surface area contributed by atoms with E-state index in [4.69, 9.17) is 10.2 Å². The van der Waals surface area contributed by atoms with E-state index in [1.165, 1.54) is 0 Å². The van der Waals surface area contributed by atoms with Crippen molar-refractivity contribution in [2.45, 2.75) is 20.0 Å². The molecule has 0 aliphatic carbocycles. The SMILES string of the molecule is CC(C)=NC[C@@H](O)CO. The van der Waals surface area contributed by atoms with E-state index in [2.05, 4.69) is 4.99 Å². The van der Waals surface area contributed by atoms with E-state index in [1.54, 1.807) is 0 Å². The predicted octanol–water partition coefficient (Wildman–Crippen LogP) is -0.180. The molecule has 0 saturated carbocycles. The first-order valence-corrected chi connectivity index (χ1v) is 2.93. The Morgan fingerprint density at radius 3 is 2.44 bits per heavy atom. The van der Waals surface area contributed by atoms with Crippen molar-refractivity contribution in [3.8, 4) is 0 Å². The van der Waals surface area contributed by atoms with Gasteiger partial charge in [0.15, 0.2) is 0 Å². The van der Waals surface area contributed by atoms with Crippen molar-refractivity contribution in [3.05, 3.63) is 0 Å². The summed E-state index contributed by atoms with van der Waals surface area (Å²) < 4.78 is 0. The standard InChI is InChI=1S/C6H13NO2/c1-5(2)7-3-6(9)4-8/h6,8-9H,3-4H2,1-2H3/t6-/m1/s1. The monoisotopic (exact) mass is 131 g/mol. The zero-order valence-corrected chi connectivity index (χ0v) is 5.83. The molecule has 1 atom stereocenters. The zero-order chi connectivity index (χ0) is 7.28. The maximum Gasteiger partial charge on any atom is 0.0965 e. The van der Waals surface area contributed by atoms with E-state index in [1.807, 2.05) is 13.8 Å². The van der Waals surface area contributed by atoms with Gasteiger partial charge in [0.05, 0.1) is 19.3 Å². The summed E-state index contributed by atoms with van der Waals surface area (Å²) >= 11 is 0. The van der Waals surface area contributed by atoms with Crippen LogP contribution in [0, 0.1) is 0 Å². The second kappa shape index (κ2) is 4.47. The van der Waals surface area contributed by atoms with Crippen molar-refractivity contribution in [3.63, 3.8) is 0 Å². The first kappa shape index (κ1) is 8.59. The Kier molecular flexibility index (Phi) is 4.26. The minimum atomic E-state index is -0.695. The number of aliphatic hydroxyl groups is 2. The molecule has 54 valence electrons. The summed E-state index contributed by atoms with van der Waals surface area (Å²) in [5.74, 6) is 0. The lowest BCUT2D eigenvalue weighted by atomic mass is 10.4. The maximum atomic E-state index is 8.75. The molecule has 0 aromatic carbocycles. The molecule has 0 saturated heterocycles. The van der Waals surface area contributed by atoms with Gasteiger partial charge in [-0.15, -0.1) is 0 Å². The van der Waals surface area contributed by atoms with Gasteiger partial charge >= 0.3 is 0 Å². The highest BCUT2D eigenvalue weighted by Crippen LogP contribution is 1.83. The Labute approximate surface area is 55.0 Å². The van der Waals surface area contributed by atoms with E-state index in [0.29, 0.717) is 6.54 Å². The van der Waals surface area contributed by atoms with Crippen molar-refractivity contribution in [1.82, 2.24) is 0 Å². The summed E-state index contributed by atoms with van der Waals surface area (Å²) in [7, 11) is 0. The fourth-order valence-corrected chi connectivity index (χ4v) is 0.346. The van der Waals surface area contributed by atoms with Gasteiger partial charge in [0.2, 0.25) is 0 Å². The first-order valence-electron chi connectivity index (χ1n) is 2.93. The molecule has 0 amide bonds. The normalized spacial score (nSPS) is 12.9. The van der Waals surface area contributed by atoms with Crippen LogP contribution in [0.3, 0.4) is 0 Å². The number of nitrogens with zero attached hydrogens (tertiary/aromatic N) is 1. The quantitative estimate of drug-likeness (QED) is 0.522. The highest BCUT2D eigenvalue weighted by Gasteiger charge is 1.97. The largest absolute Gasteiger partial charge is 0.394 e. The number of rotatable bonds is 3. The minimum Gasteiger partial charge on any atom is -0.394 e. The van der Waals surface area contributed by atoms with Crippen molar-refractivity contribution in [2.75, 3.05) is 13.2 Å². The van der Waals surface area contributed by atoms with E-state index in [-0.39, 0.29) is 6.61 Å². The minimum absolute atomic E-state index is 0.212. The Morgan fingerprint density at radius 1 is 1.56 bits per heavy atom. The predicted molar refractivity (Wildman–Crippen MR) is 36.7 cm³/mol. The highest BCUT2D eigenvalue weighted by atomic mass is 16.3. The lowest BCUT2D eigenvalue weighted by molar-refractivity contribution is 0.102. The van der Waals surface area contributed by atoms with Crippen LogP contribution in [0.5, 0.6) is 0 Å². The highest BCUT2D eigenvalue weighted by molar-refractivity contribution is 5.79. The molecule has 0 radical (unpaired) electrons. The lowest BCUT2D eigenvalue weighted by Crippen LogP contribution is -2.15. The van der Waals surface area contributed by atoms with Gasteiger partial charge < -0.3 is 10.2 Å². The average Bonchev–Trinajstić information content (AvgIpc) is 1.83. The molecule has 0 rings (SSSR count). The molecular weight excluding hydrogens is 118 g/mol. The molecule has 0 aliphatic rings. The second-order valence-electron chi connectivity index (χ2n) is 2.12. The summed E-state index contributed by atoms with van der Waals surface area (Å²) in [6, 6.07) is 0. The van der Waals surface area contributed by atoms with Crippen LogP contribution in [0.2, 0.25) is 0 Å². The summed E-state index contributed by atoms with van der Waals surface area (Å²) in [5, 5.41) is 17.1. The van der Waals surface area contributed by atoms with Gasteiger partial charge in [-0.3, -0.25) is 4.99 Å². The summed E-state index contributed by atoms with van der Waals surface area (Å²) in [5.41, 5.74) is 0.919.